The predicted molar refractivity (Wildman–Crippen MR) is 74.2 cm³/mol. The van der Waals surface area contributed by atoms with Crippen LogP contribution in [0, 0.1) is 5.92 Å². The average Bonchev–Trinajstić information content (AvgIpc) is 3.14. The van der Waals surface area contributed by atoms with Crippen molar-refractivity contribution in [2.45, 2.75) is 38.5 Å². The molecule has 1 N–H and O–H groups in total. The molecular formula is C15H20N2O4. The minimum absolute atomic E-state index is 0.0120. The van der Waals surface area contributed by atoms with E-state index in [1.165, 1.54) is 0 Å². The van der Waals surface area contributed by atoms with Gasteiger partial charge in [0.05, 0.1) is 30.9 Å². The first-order chi connectivity index (χ1) is 10.1. The van der Waals surface area contributed by atoms with Gasteiger partial charge in [-0.1, -0.05) is 0 Å². The van der Waals surface area contributed by atoms with Crippen LogP contribution in [0.2, 0.25) is 0 Å². The minimum Gasteiger partial charge on any atom is -0.467 e. The predicted octanol–water partition coefficient (Wildman–Crippen LogP) is 0.922. The van der Waals surface area contributed by atoms with E-state index in [4.69, 9.17) is 9.15 Å². The standard InChI is InChI=1S/C15H20N2O4/c1-10(18)17-9-11(7-14-13(17)4-6-21-14)15(19)16-8-12-3-2-5-20-12/h2-3,5,11,13-14H,4,6-9H2,1H3,(H,16,19)/t11-,13+,14+/m0/s1. The van der Waals surface area contributed by atoms with Gasteiger partial charge in [-0.25, -0.2) is 0 Å². The van der Waals surface area contributed by atoms with Gasteiger partial charge in [-0.05, 0) is 25.0 Å². The van der Waals surface area contributed by atoms with Crippen LogP contribution in [-0.2, 0) is 20.9 Å². The molecule has 6 heteroatoms. The Morgan fingerprint density at radius 3 is 3.05 bits per heavy atom. The van der Waals surface area contributed by atoms with E-state index in [2.05, 4.69) is 5.32 Å². The van der Waals surface area contributed by atoms with E-state index < -0.39 is 0 Å². The summed E-state index contributed by atoms with van der Waals surface area (Å²) in [6.45, 7) is 3.07. The van der Waals surface area contributed by atoms with Crippen LogP contribution in [0.3, 0.4) is 0 Å². The number of hydrogen-bond donors (Lipinski definition) is 1. The number of nitrogens with zero attached hydrogens (tertiary/aromatic N) is 1. The molecule has 2 aliphatic heterocycles. The summed E-state index contributed by atoms with van der Waals surface area (Å²) in [4.78, 5) is 25.9. The molecule has 3 rings (SSSR count). The highest BCUT2D eigenvalue weighted by Gasteiger charge is 2.43. The Bertz CT molecular complexity index is 514. The lowest BCUT2D eigenvalue weighted by molar-refractivity contribution is -0.140. The lowest BCUT2D eigenvalue weighted by Crippen LogP contribution is -2.54. The van der Waals surface area contributed by atoms with E-state index in [9.17, 15) is 9.59 Å². The van der Waals surface area contributed by atoms with Crippen LogP contribution in [0.5, 0.6) is 0 Å². The third-order valence-electron chi connectivity index (χ3n) is 4.30. The van der Waals surface area contributed by atoms with Crippen LogP contribution in [0.15, 0.2) is 22.8 Å². The molecule has 21 heavy (non-hydrogen) atoms. The monoisotopic (exact) mass is 292 g/mol. The van der Waals surface area contributed by atoms with E-state index in [0.717, 1.165) is 12.2 Å². The second-order valence-corrected chi connectivity index (χ2v) is 5.67. The van der Waals surface area contributed by atoms with E-state index in [0.29, 0.717) is 26.1 Å². The number of carbonyl (C=O) groups excluding carboxylic acids is 2. The largest absolute Gasteiger partial charge is 0.467 e. The molecule has 0 saturated carbocycles. The summed E-state index contributed by atoms with van der Waals surface area (Å²) in [7, 11) is 0. The van der Waals surface area contributed by atoms with Crippen molar-refractivity contribution in [3.8, 4) is 0 Å². The fourth-order valence-electron chi connectivity index (χ4n) is 3.23. The number of fused-ring (bicyclic) bond motifs is 1. The minimum atomic E-state index is -0.219. The number of carbonyl (C=O) groups is 2. The fourth-order valence-corrected chi connectivity index (χ4v) is 3.23. The van der Waals surface area contributed by atoms with Crippen LogP contribution in [0.1, 0.15) is 25.5 Å². The number of amides is 2. The quantitative estimate of drug-likeness (QED) is 0.899. The van der Waals surface area contributed by atoms with Gasteiger partial charge >= 0.3 is 0 Å². The lowest BCUT2D eigenvalue weighted by Gasteiger charge is -2.39. The van der Waals surface area contributed by atoms with Crippen molar-refractivity contribution < 1.29 is 18.7 Å². The Morgan fingerprint density at radius 1 is 1.48 bits per heavy atom. The van der Waals surface area contributed by atoms with Crippen molar-refractivity contribution in [2.24, 2.45) is 5.92 Å². The van der Waals surface area contributed by atoms with Gasteiger partial charge in [0.25, 0.3) is 0 Å². The van der Waals surface area contributed by atoms with Crippen molar-refractivity contribution in [1.29, 1.82) is 0 Å². The highest BCUT2D eigenvalue weighted by atomic mass is 16.5. The molecule has 0 unspecified atom stereocenters. The summed E-state index contributed by atoms with van der Waals surface area (Å²) in [6.07, 6.45) is 3.11. The third kappa shape index (κ3) is 2.95. The molecule has 0 bridgehead atoms. The SMILES string of the molecule is CC(=O)N1C[C@@H](C(=O)NCc2ccco2)C[C@H]2OCC[C@H]21. The van der Waals surface area contributed by atoms with Gasteiger partial charge in [-0.3, -0.25) is 9.59 Å². The van der Waals surface area contributed by atoms with Gasteiger partial charge in [0, 0.05) is 20.1 Å². The van der Waals surface area contributed by atoms with Crippen LogP contribution < -0.4 is 5.32 Å². The van der Waals surface area contributed by atoms with Crippen molar-refractivity contribution >= 4 is 11.8 Å². The van der Waals surface area contributed by atoms with E-state index in [-0.39, 0.29) is 29.9 Å². The Morgan fingerprint density at radius 2 is 2.33 bits per heavy atom. The van der Waals surface area contributed by atoms with Crippen molar-refractivity contribution in [1.82, 2.24) is 10.2 Å². The molecule has 0 radical (unpaired) electrons. The Hall–Kier alpha value is -1.82. The molecule has 2 saturated heterocycles. The molecule has 114 valence electrons. The van der Waals surface area contributed by atoms with Gasteiger partial charge in [0.2, 0.25) is 11.8 Å². The molecular weight excluding hydrogens is 272 g/mol. The highest BCUT2D eigenvalue weighted by molar-refractivity contribution is 5.81. The summed E-state index contributed by atoms with van der Waals surface area (Å²) in [5.41, 5.74) is 0. The molecule has 6 nitrogen and oxygen atoms in total. The molecule has 0 aliphatic carbocycles. The van der Waals surface area contributed by atoms with E-state index >= 15 is 0 Å². The normalized spacial score (nSPS) is 28.2. The number of furan rings is 1. The molecule has 2 fully saturated rings. The first-order valence-corrected chi connectivity index (χ1v) is 7.34. The highest BCUT2D eigenvalue weighted by Crippen LogP contribution is 2.31. The van der Waals surface area contributed by atoms with Crippen molar-refractivity contribution in [2.75, 3.05) is 13.2 Å². The molecule has 2 aliphatic rings. The van der Waals surface area contributed by atoms with Gasteiger partial charge in [-0.2, -0.15) is 0 Å². The summed E-state index contributed by atoms with van der Waals surface area (Å²) >= 11 is 0. The van der Waals surface area contributed by atoms with Gasteiger partial charge in [0.1, 0.15) is 5.76 Å². The molecule has 3 heterocycles. The Balaban J connectivity index is 1.62. The zero-order valence-corrected chi connectivity index (χ0v) is 12.1. The molecule has 0 aromatic carbocycles. The Labute approximate surface area is 123 Å². The molecule has 2 amide bonds. The van der Waals surface area contributed by atoms with Crippen LogP contribution in [-0.4, -0.2) is 42.0 Å². The average molecular weight is 292 g/mol. The number of ether oxygens (including phenoxy) is 1. The molecule has 0 spiro atoms. The first kappa shape index (κ1) is 14.1. The number of piperidine rings is 1. The van der Waals surface area contributed by atoms with Crippen LogP contribution in [0.25, 0.3) is 0 Å². The molecule has 3 atom stereocenters. The third-order valence-corrected chi connectivity index (χ3v) is 4.30. The number of nitrogens with one attached hydrogen (secondary N) is 1. The molecule has 1 aromatic heterocycles. The number of likely N-dealkylation sites (tertiary alicyclic amines) is 1. The summed E-state index contributed by atoms with van der Waals surface area (Å²) in [6, 6.07) is 3.74. The smallest absolute Gasteiger partial charge is 0.225 e. The maximum Gasteiger partial charge on any atom is 0.225 e. The van der Waals surface area contributed by atoms with Gasteiger partial charge in [-0.15, -0.1) is 0 Å². The van der Waals surface area contributed by atoms with Crippen LogP contribution in [0.4, 0.5) is 0 Å². The Kier molecular flexibility index (Phi) is 3.96. The maximum atomic E-state index is 12.3. The maximum absolute atomic E-state index is 12.3. The van der Waals surface area contributed by atoms with E-state index in [1.807, 2.05) is 6.07 Å². The number of hydrogen-bond acceptors (Lipinski definition) is 4. The van der Waals surface area contributed by atoms with Gasteiger partial charge < -0.3 is 19.4 Å². The zero-order chi connectivity index (χ0) is 14.8. The van der Waals surface area contributed by atoms with Crippen molar-refractivity contribution in [3.63, 3.8) is 0 Å². The van der Waals surface area contributed by atoms with E-state index in [1.54, 1.807) is 24.2 Å². The fraction of sp³-hybridized carbons (Fsp3) is 0.600. The first-order valence-electron chi connectivity index (χ1n) is 7.34. The topological polar surface area (TPSA) is 71.8 Å². The summed E-state index contributed by atoms with van der Waals surface area (Å²) < 4.78 is 10.9. The summed E-state index contributed by atoms with van der Waals surface area (Å²) in [5, 5.41) is 2.87. The second kappa shape index (κ2) is 5.89. The number of rotatable bonds is 3. The lowest BCUT2D eigenvalue weighted by atomic mass is 9.89. The molecule has 1 aromatic rings. The second-order valence-electron chi connectivity index (χ2n) is 5.67. The van der Waals surface area contributed by atoms with Crippen molar-refractivity contribution in [3.05, 3.63) is 24.2 Å². The van der Waals surface area contributed by atoms with Crippen LogP contribution >= 0.6 is 0 Å². The zero-order valence-electron chi connectivity index (χ0n) is 12.1. The summed E-state index contributed by atoms with van der Waals surface area (Å²) in [5.74, 6) is 0.464. The van der Waals surface area contributed by atoms with Gasteiger partial charge in [0.15, 0.2) is 0 Å².